The fourth-order valence-corrected chi connectivity index (χ4v) is 1.24. The molecule has 0 aliphatic heterocycles. The van der Waals surface area contributed by atoms with E-state index in [0.717, 1.165) is 0 Å². The lowest BCUT2D eigenvalue weighted by molar-refractivity contribution is 0.0519. The number of esters is 1. The van der Waals surface area contributed by atoms with Gasteiger partial charge in [0.05, 0.1) is 12.8 Å². The van der Waals surface area contributed by atoms with Gasteiger partial charge in [0.2, 0.25) is 0 Å². The zero-order valence-electron chi connectivity index (χ0n) is 6.98. The first-order chi connectivity index (χ1) is 5.79. The number of hydrogen-bond donors (Lipinski definition) is 0. The first-order valence-electron chi connectivity index (χ1n) is 3.53. The summed E-state index contributed by atoms with van der Waals surface area (Å²) in [7, 11) is 0. The third-order valence-corrected chi connectivity index (χ3v) is 1.97. The van der Waals surface area contributed by atoms with Crippen molar-refractivity contribution in [1.29, 1.82) is 0 Å². The number of rotatable bonds is 3. The van der Waals surface area contributed by atoms with Crippen LogP contribution in [0.3, 0.4) is 0 Å². The predicted molar refractivity (Wildman–Crippen MR) is 47.1 cm³/mol. The highest BCUT2D eigenvalue weighted by Gasteiger charge is 2.11. The van der Waals surface area contributed by atoms with Gasteiger partial charge in [-0.25, -0.2) is 9.78 Å². The Bertz CT molecular complexity index is 272. The number of carbonyl (C=O) groups excluding carboxylic acids is 1. The van der Waals surface area contributed by atoms with Crippen molar-refractivity contribution >= 4 is 17.9 Å². The van der Waals surface area contributed by atoms with E-state index in [-0.39, 0.29) is 5.97 Å². The van der Waals surface area contributed by atoms with Crippen molar-refractivity contribution in [2.45, 2.75) is 6.92 Å². The lowest BCUT2D eigenvalue weighted by Gasteiger charge is -2.02. The molecular weight excluding hydrogens is 176 g/mol. The van der Waals surface area contributed by atoms with Crippen molar-refractivity contribution in [2.24, 2.45) is 0 Å². The van der Waals surface area contributed by atoms with E-state index in [4.69, 9.17) is 4.74 Å². The summed E-state index contributed by atoms with van der Waals surface area (Å²) >= 11 is 1.41. The zero-order valence-corrected chi connectivity index (χ0v) is 7.80. The third-order valence-electron chi connectivity index (χ3n) is 1.29. The number of carbonyl (C=O) groups is 1. The minimum Gasteiger partial charge on any atom is -0.461 e. The number of aromatic nitrogens is 2. The molecule has 0 unspecified atom stereocenters. The molecule has 0 saturated carbocycles. The van der Waals surface area contributed by atoms with Gasteiger partial charge in [0.15, 0.2) is 5.69 Å². The smallest absolute Gasteiger partial charge is 0.357 e. The van der Waals surface area contributed by atoms with Crippen LogP contribution in [0, 0.1) is 0 Å². The van der Waals surface area contributed by atoms with E-state index < -0.39 is 0 Å². The van der Waals surface area contributed by atoms with E-state index in [9.17, 15) is 4.79 Å². The fraction of sp³-hybridized carbons (Fsp3) is 0.429. The molecule has 0 aliphatic carbocycles. The van der Waals surface area contributed by atoms with Gasteiger partial charge < -0.3 is 4.74 Å². The Kier molecular flexibility index (Phi) is 3.16. The summed E-state index contributed by atoms with van der Waals surface area (Å²) in [6, 6.07) is 0. The Hall–Kier alpha value is -0.970. The first kappa shape index (κ1) is 9.12. The summed E-state index contributed by atoms with van der Waals surface area (Å²) in [6.07, 6.45) is 4.94. The van der Waals surface area contributed by atoms with E-state index in [1.54, 1.807) is 17.2 Å². The van der Waals surface area contributed by atoms with Crippen LogP contribution in [0.4, 0.5) is 0 Å². The Morgan fingerprint density at radius 3 is 3.17 bits per heavy atom. The van der Waals surface area contributed by atoms with Gasteiger partial charge in [0.1, 0.15) is 6.33 Å². The third kappa shape index (κ3) is 1.79. The van der Waals surface area contributed by atoms with Gasteiger partial charge in [-0.2, -0.15) is 0 Å². The summed E-state index contributed by atoms with van der Waals surface area (Å²) in [5.41, 5.74) is 0.476. The van der Waals surface area contributed by atoms with Gasteiger partial charge >= 0.3 is 5.97 Å². The molecule has 0 radical (unpaired) electrons. The average molecular weight is 186 g/mol. The van der Waals surface area contributed by atoms with E-state index in [1.165, 1.54) is 18.1 Å². The standard InChI is InChI=1S/C7H10N2O2S/c1-3-11-7(10)6-4-8-5-9(6)12-2/h4-5H,3H2,1-2H3. The molecular formula is C7H10N2O2S. The molecule has 0 atom stereocenters. The van der Waals surface area contributed by atoms with Crippen LogP contribution in [0.25, 0.3) is 0 Å². The predicted octanol–water partition coefficient (Wildman–Crippen LogP) is 1.19. The number of imidazole rings is 1. The van der Waals surface area contributed by atoms with E-state index in [0.29, 0.717) is 12.3 Å². The van der Waals surface area contributed by atoms with Crippen LogP contribution < -0.4 is 0 Å². The lowest BCUT2D eigenvalue weighted by Crippen LogP contribution is -2.08. The first-order valence-corrected chi connectivity index (χ1v) is 4.71. The molecule has 0 fully saturated rings. The van der Waals surface area contributed by atoms with Crippen molar-refractivity contribution < 1.29 is 9.53 Å². The molecule has 0 saturated heterocycles. The second-order valence-corrected chi connectivity index (χ2v) is 2.77. The van der Waals surface area contributed by atoms with Crippen LogP contribution in [-0.4, -0.2) is 27.8 Å². The Morgan fingerprint density at radius 1 is 1.83 bits per heavy atom. The highest BCUT2D eigenvalue weighted by Crippen LogP contribution is 2.08. The molecule has 1 aromatic rings. The number of hydrogen-bond acceptors (Lipinski definition) is 4. The second kappa shape index (κ2) is 4.15. The minimum absolute atomic E-state index is 0.329. The lowest BCUT2D eigenvalue weighted by atomic mass is 10.5. The summed E-state index contributed by atoms with van der Waals surface area (Å²) in [5.74, 6) is -0.329. The monoisotopic (exact) mass is 186 g/mol. The largest absolute Gasteiger partial charge is 0.461 e. The molecule has 0 amide bonds. The quantitative estimate of drug-likeness (QED) is 0.665. The SMILES string of the molecule is CCOC(=O)c1cncn1SC. The minimum atomic E-state index is -0.329. The summed E-state index contributed by atoms with van der Waals surface area (Å²) in [6.45, 7) is 2.16. The highest BCUT2D eigenvalue weighted by atomic mass is 32.2. The summed E-state index contributed by atoms with van der Waals surface area (Å²) in [4.78, 5) is 15.0. The average Bonchev–Trinajstić information content (AvgIpc) is 2.51. The molecule has 66 valence electrons. The van der Waals surface area contributed by atoms with Crippen LogP contribution in [0.1, 0.15) is 17.4 Å². The van der Waals surface area contributed by atoms with Crippen LogP contribution in [0.15, 0.2) is 12.5 Å². The summed E-state index contributed by atoms with van der Waals surface area (Å²) in [5, 5.41) is 0. The number of nitrogens with zero attached hydrogens (tertiary/aromatic N) is 2. The Morgan fingerprint density at radius 2 is 2.58 bits per heavy atom. The van der Waals surface area contributed by atoms with Gasteiger partial charge in [-0.15, -0.1) is 0 Å². The Balaban J connectivity index is 2.79. The highest BCUT2D eigenvalue weighted by molar-refractivity contribution is 7.97. The normalized spacial score (nSPS) is 9.83. The van der Waals surface area contributed by atoms with Crippen LogP contribution in [0.2, 0.25) is 0 Å². The maximum absolute atomic E-state index is 11.2. The molecule has 12 heavy (non-hydrogen) atoms. The molecule has 0 aromatic carbocycles. The van der Waals surface area contributed by atoms with Crippen LogP contribution in [0.5, 0.6) is 0 Å². The van der Waals surface area contributed by atoms with Gasteiger partial charge in [-0.3, -0.25) is 3.97 Å². The van der Waals surface area contributed by atoms with E-state index in [2.05, 4.69) is 4.98 Å². The molecule has 4 nitrogen and oxygen atoms in total. The van der Waals surface area contributed by atoms with Gasteiger partial charge in [0.25, 0.3) is 0 Å². The molecule has 1 heterocycles. The molecule has 1 aromatic heterocycles. The molecule has 0 aliphatic rings. The molecule has 0 N–H and O–H groups in total. The van der Waals surface area contributed by atoms with Gasteiger partial charge in [-0.1, -0.05) is 0 Å². The van der Waals surface area contributed by atoms with E-state index in [1.807, 2.05) is 6.26 Å². The molecule has 0 spiro atoms. The van der Waals surface area contributed by atoms with Crippen molar-refractivity contribution in [3.05, 3.63) is 18.2 Å². The maximum atomic E-state index is 11.2. The van der Waals surface area contributed by atoms with Crippen LogP contribution in [-0.2, 0) is 4.74 Å². The van der Waals surface area contributed by atoms with Crippen molar-refractivity contribution in [3.8, 4) is 0 Å². The van der Waals surface area contributed by atoms with Gasteiger partial charge in [-0.05, 0) is 18.9 Å². The van der Waals surface area contributed by atoms with Crippen molar-refractivity contribution in [3.63, 3.8) is 0 Å². The second-order valence-electron chi connectivity index (χ2n) is 2.01. The van der Waals surface area contributed by atoms with Crippen molar-refractivity contribution in [1.82, 2.24) is 8.96 Å². The molecule has 1 rings (SSSR count). The van der Waals surface area contributed by atoms with Crippen LogP contribution >= 0.6 is 11.9 Å². The van der Waals surface area contributed by atoms with Gasteiger partial charge in [0, 0.05) is 6.26 Å². The topological polar surface area (TPSA) is 44.1 Å². The molecule has 0 bridgehead atoms. The zero-order chi connectivity index (χ0) is 8.97. The van der Waals surface area contributed by atoms with E-state index >= 15 is 0 Å². The Labute approximate surface area is 75.1 Å². The summed E-state index contributed by atoms with van der Waals surface area (Å²) < 4.78 is 6.48. The maximum Gasteiger partial charge on any atom is 0.357 e. The van der Waals surface area contributed by atoms with Crippen molar-refractivity contribution in [2.75, 3.05) is 12.9 Å². The number of ether oxygens (including phenoxy) is 1. The molecule has 5 heteroatoms. The fourth-order valence-electron chi connectivity index (χ4n) is 0.777.